The van der Waals surface area contributed by atoms with Crippen molar-refractivity contribution >= 4 is 11.8 Å². The van der Waals surface area contributed by atoms with Gasteiger partial charge in [0, 0.05) is 12.0 Å². The molecule has 4 nitrogen and oxygen atoms in total. The van der Waals surface area contributed by atoms with Gasteiger partial charge < -0.3 is 9.47 Å². The maximum atomic E-state index is 11.9. The molecule has 0 bridgehead atoms. The van der Waals surface area contributed by atoms with Crippen LogP contribution in [0.3, 0.4) is 0 Å². The van der Waals surface area contributed by atoms with Gasteiger partial charge in [-0.1, -0.05) is 30.4 Å². The van der Waals surface area contributed by atoms with E-state index in [1.807, 2.05) is 36.4 Å². The Balaban J connectivity index is 1.86. The molecule has 1 unspecified atom stereocenters. The summed E-state index contributed by atoms with van der Waals surface area (Å²) in [5.74, 6) is 0.0872. The van der Waals surface area contributed by atoms with Gasteiger partial charge in [0.25, 0.3) is 0 Å². The fourth-order valence-electron chi connectivity index (χ4n) is 2.01. The molecule has 4 heteroatoms. The van der Waals surface area contributed by atoms with E-state index in [1.165, 1.54) is 0 Å². The molecule has 0 heterocycles. The largest absolute Gasteiger partial charge is 0.486 e. The number of ketones is 1. The minimum Gasteiger partial charge on any atom is -0.486 e. The van der Waals surface area contributed by atoms with Crippen LogP contribution in [0.25, 0.3) is 0 Å². The van der Waals surface area contributed by atoms with E-state index in [0.717, 1.165) is 5.75 Å². The first-order valence-electron chi connectivity index (χ1n) is 6.98. The lowest BCUT2D eigenvalue weighted by atomic mass is 10.00. The number of benzene rings is 1. The molecule has 110 valence electrons. The summed E-state index contributed by atoms with van der Waals surface area (Å²) >= 11 is 0. The van der Waals surface area contributed by atoms with Crippen LogP contribution in [0.15, 0.2) is 54.1 Å². The van der Waals surface area contributed by atoms with E-state index in [4.69, 9.17) is 9.47 Å². The number of para-hydroxylation sites is 1. The van der Waals surface area contributed by atoms with Crippen LogP contribution >= 0.6 is 0 Å². The monoisotopic (exact) mass is 286 g/mol. The number of ether oxygens (including phenoxy) is 2. The summed E-state index contributed by atoms with van der Waals surface area (Å²) in [6.45, 7) is 2.00. The quantitative estimate of drug-likeness (QED) is 0.596. The van der Waals surface area contributed by atoms with E-state index in [9.17, 15) is 9.59 Å². The van der Waals surface area contributed by atoms with Gasteiger partial charge in [-0.3, -0.25) is 9.59 Å². The average molecular weight is 286 g/mol. The Morgan fingerprint density at radius 2 is 2.00 bits per heavy atom. The predicted molar refractivity (Wildman–Crippen MR) is 79.0 cm³/mol. The molecule has 1 aromatic rings. The van der Waals surface area contributed by atoms with Crippen molar-refractivity contribution in [2.45, 2.75) is 25.9 Å². The Hall–Kier alpha value is -2.36. The molecule has 0 N–H and O–H groups in total. The van der Waals surface area contributed by atoms with E-state index in [-0.39, 0.29) is 24.9 Å². The Labute approximate surface area is 124 Å². The summed E-state index contributed by atoms with van der Waals surface area (Å²) in [5.41, 5.74) is 0.538. The Morgan fingerprint density at radius 1 is 1.24 bits per heavy atom. The van der Waals surface area contributed by atoms with Crippen molar-refractivity contribution in [3.63, 3.8) is 0 Å². The second kappa shape index (κ2) is 7.43. The topological polar surface area (TPSA) is 52.6 Å². The number of carbonyl (C=O) groups excluding carboxylic acids is 2. The molecule has 1 aliphatic carbocycles. The van der Waals surface area contributed by atoms with Gasteiger partial charge in [0.05, 0.1) is 6.61 Å². The van der Waals surface area contributed by atoms with Crippen LogP contribution < -0.4 is 4.74 Å². The molecular formula is C17H18O4. The number of carbonyl (C=O) groups is 2. The van der Waals surface area contributed by atoms with Crippen LogP contribution in [0.4, 0.5) is 0 Å². The van der Waals surface area contributed by atoms with Crippen molar-refractivity contribution in [3.8, 4) is 5.75 Å². The molecule has 0 fully saturated rings. The highest BCUT2D eigenvalue weighted by Crippen LogP contribution is 2.19. The van der Waals surface area contributed by atoms with Gasteiger partial charge in [-0.25, -0.2) is 0 Å². The van der Waals surface area contributed by atoms with Crippen LogP contribution in [0, 0.1) is 0 Å². The molecule has 1 aliphatic rings. The molecule has 0 aliphatic heterocycles. The zero-order valence-electron chi connectivity index (χ0n) is 12.0. The lowest BCUT2D eigenvalue weighted by Crippen LogP contribution is -2.18. The molecular weight excluding hydrogens is 268 g/mol. The van der Waals surface area contributed by atoms with Crippen LogP contribution in [-0.2, 0) is 14.3 Å². The second-order valence-electron chi connectivity index (χ2n) is 4.63. The van der Waals surface area contributed by atoms with Gasteiger partial charge in [-0.05, 0) is 25.1 Å². The van der Waals surface area contributed by atoms with Gasteiger partial charge in [-0.2, -0.15) is 0 Å². The van der Waals surface area contributed by atoms with Crippen molar-refractivity contribution in [2.75, 3.05) is 6.61 Å². The Morgan fingerprint density at radius 3 is 2.62 bits per heavy atom. The van der Waals surface area contributed by atoms with Crippen molar-refractivity contribution in [1.29, 1.82) is 0 Å². The molecule has 21 heavy (non-hydrogen) atoms. The summed E-state index contributed by atoms with van der Waals surface area (Å²) in [7, 11) is 0. The molecule has 2 rings (SSSR count). The molecule has 0 saturated heterocycles. The Kier molecular flexibility index (Phi) is 5.32. The summed E-state index contributed by atoms with van der Waals surface area (Å²) in [4.78, 5) is 23.2. The van der Waals surface area contributed by atoms with Gasteiger partial charge in [0.15, 0.2) is 5.78 Å². The fourth-order valence-corrected chi connectivity index (χ4v) is 2.01. The number of esters is 1. The minimum absolute atomic E-state index is 0.0912. The number of hydrogen-bond donors (Lipinski definition) is 0. The van der Waals surface area contributed by atoms with Crippen molar-refractivity contribution in [2.24, 2.45) is 0 Å². The van der Waals surface area contributed by atoms with Crippen molar-refractivity contribution in [3.05, 3.63) is 54.1 Å². The summed E-state index contributed by atoms with van der Waals surface area (Å²) in [6.07, 6.45) is 5.65. The van der Waals surface area contributed by atoms with Crippen LogP contribution in [0.1, 0.15) is 19.8 Å². The third kappa shape index (κ3) is 4.60. The average Bonchev–Trinajstić information content (AvgIpc) is 2.49. The first-order chi connectivity index (χ1) is 10.2. The van der Waals surface area contributed by atoms with Crippen LogP contribution in [0.5, 0.6) is 5.75 Å². The summed E-state index contributed by atoms with van der Waals surface area (Å²) in [5, 5.41) is 0. The third-order valence-electron chi connectivity index (χ3n) is 3.02. The smallest absolute Gasteiger partial charge is 0.313 e. The van der Waals surface area contributed by atoms with Crippen molar-refractivity contribution in [1.82, 2.24) is 0 Å². The van der Waals surface area contributed by atoms with E-state index < -0.39 is 5.97 Å². The molecule has 1 atom stereocenters. The number of hydrogen-bond acceptors (Lipinski definition) is 4. The zero-order chi connectivity index (χ0) is 15.1. The number of Topliss-reactive ketones (excluding diaryl/α,β-unsaturated/α-hetero) is 1. The van der Waals surface area contributed by atoms with E-state index in [1.54, 1.807) is 19.1 Å². The molecule has 0 radical (unpaired) electrons. The third-order valence-corrected chi connectivity index (χ3v) is 3.02. The molecule has 0 spiro atoms. The van der Waals surface area contributed by atoms with E-state index in [0.29, 0.717) is 12.0 Å². The first kappa shape index (κ1) is 15.0. The fraction of sp³-hybridized carbons (Fsp3) is 0.294. The molecule has 1 aromatic carbocycles. The van der Waals surface area contributed by atoms with Gasteiger partial charge in [0.1, 0.15) is 18.3 Å². The van der Waals surface area contributed by atoms with Crippen LogP contribution in [0.2, 0.25) is 0 Å². The lowest BCUT2D eigenvalue weighted by molar-refractivity contribution is -0.144. The van der Waals surface area contributed by atoms with Gasteiger partial charge in [-0.15, -0.1) is 0 Å². The second-order valence-corrected chi connectivity index (χ2v) is 4.63. The first-order valence-corrected chi connectivity index (χ1v) is 6.98. The highest BCUT2D eigenvalue weighted by Gasteiger charge is 2.17. The summed E-state index contributed by atoms with van der Waals surface area (Å²) < 4.78 is 10.5. The molecule has 0 saturated carbocycles. The van der Waals surface area contributed by atoms with Gasteiger partial charge in [0.2, 0.25) is 0 Å². The Bertz CT molecular complexity index is 557. The zero-order valence-corrected chi connectivity index (χ0v) is 12.0. The standard InChI is InChI=1S/C17H18O4/c1-2-20-17(19)12-16(18)13-8-10-15(11-9-13)21-14-6-4-3-5-7-14/h3-10,15H,2,11-12H2,1H3. The SMILES string of the molecule is CCOC(=O)CC(=O)C1=CCC(Oc2ccccc2)C=C1. The highest BCUT2D eigenvalue weighted by molar-refractivity contribution is 6.07. The predicted octanol–water partition coefficient (Wildman–Crippen LogP) is 2.84. The number of rotatable bonds is 6. The normalized spacial score (nSPS) is 17.0. The highest BCUT2D eigenvalue weighted by atomic mass is 16.5. The van der Waals surface area contributed by atoms with Gasteiger partial charge >= 0.3 is 5.97 Å². The maximum Gasteiger partial charge on any atom is 0.313 e. The summed E-state index contributed by atoms with van der Waals surface area (Å²) in [6, 6.07) is 9.52. The number of allylic oxidation sites excluding steroid dienone is 2. The van der Waals surface area contributed by atoms with E-state index >= 15 is 0 Å². The lowest BCUT2D eigenvalue weighted by Gasteiger charge is -2.17. The van der Waals surface area contributed by atoms with Crippen molar-refractivity contribution < 1.29 is 19.1 Å². The van der Waals surface area contributed by atoms with Crippen LogP contribution in [-0.4, -0.2) is 24.5 Å². The van der Waals surface area contributed by atoms with E-state index in [2.05, 4.69) is 0 Å². The molecule has 0 amide bonds. The minimum atomic E-state index is -0.487. The maximum absolute atomic E-state index is 11.9. The molecule has 0 aromatic heterocycles.